The van der Waals surface area contributed by atoms with Crippen LogP contribution in [0.1, 0.15) is 13.8 Å². The van der Waals surface area contributed by atoms with Crippen molar-refractivity contribution >= 4 is 6.41 Å². The fourth-order valence-corrected chi connectivity index (χ4v) is 0.611. The van der Waals surface area contributed by atoms with Crippen molar-refractivity contribution in [3.63, 3.8) is 0 Å². The summed E-state index contributed by atoms with van der Waals surface area (Å²) >= 11 is 0. The van der Waals surface area contributed by atoms with Crippen molar-refractivity contribution in [2.24, 2.45) is 5.92 Å². The molecule has 0 saturated carbocycles. The molecule has 0 aliphatic carbocycles. The van der Waals surface area contributed by atoms with Crippen LogP contribution in [0, 0.1) is 5.92 Å². The van der Waals surface area contributed by atoms with E-state index in [9.17, 15) is 4.79 Å². The maximum atomic E-state index is 9.92. The maximum absolute atomic E-state index is 9.92. The van der Waals surface area contributed by atoms with Crippen molar-refractivity contribution in [2.75, 3.05) is 0 Å². The smallest absolute Gasteiger partial charge is 0.207 e. The third-order valence-electron chi connectivity index (χ3n) is 1.23. The van der Waals surface area contributed by atoms with Gasteiger partial charge in [-0.25, -0.2) is 0 Å². The Labute approximate surface area is 56.0 Å². The lowest BCUT2D eigenvalue weighted by atomic mass is 10.1. The number of nitrogens with one attached hydrogen (secondary N) is 1. The first kappa shape index (κ1) is 8.21. The van der Waals surface area contributed by atoms with E-state index in [1.807, 2.05) is 13.8 Å². The van der Waals surface area contributed by atoms with Crippen LogP contribution in [-0.4, -0.2) is 12.5 Å². The quantitative estimate of drug-likeness (QED) is 0.442. The molecule has 0 rings (SSSR count). The fourth-order valence-electron chi connectivity index (χ4n) is 0.611. The molecule has 0 radical (unpaired) electrons. The summed E-state index contributed by atoms with van der Waals surface area (Å²) in [5, 5.41) is 2.63. The number of carbonyl (C=O) groups excluding carboxylic acids is 1. The lowest BCUT2D eigenvalue weighted by Gasteiger charge is -2.14. The molecule has 52 valence electrons. The van der Waals surface area contributed by atoms with Crippen LogP contribution in [-0.2, 0) is 4.79 Å². The summed E-state index contributed by atoms with van der Waals surface area (Å²) < 4.78 is 0. The monoisotopic (exact) mass is 127 g/mol. The SMILES string of the molecule is C=CC(NC=O)C(C)C. The zero-order chi connectivity index (χ0) is 7.28. The standard InChI is InChI=1S/C7H13NO/c1-4-7(6(2)3)8-5-9/h4-7H,1H2,2-3H3,(H,8,9). The van der Waals surface area contributed by atoms with Gasteiger partial charge in [-0.3, -0.25) is 4.79 Å². The van der Waals surface area contributed by atoms with Gasteiger partial charge in [0.05, 0.1) is 0 Å². The van der Waals surface area contributed by atoms with Crippen LogP contribution < -0.4 is 5.32 Å². The normalized spacial score (nSPS) is 12.8. The minimum absolute atomic E-state index is 0.113. The maximum Gasteiger partial charge on any atom is 0.207 e. The molecule has 1 N–H and O–H groups in total. The van der Waals surface area contributed by atoms with Crippen LogP contribution >= 0.6 is 0 Å². The zero-order valence-corrected chi connectivity index (χ0v) is 5.92. The first-order chi connectivity index (χ1) is 4.22. The molecule has 0 bridgehead atoms. The molecule has 0 aromatic heterocycles. The Morgan fingerprint density at radius 1 is 1.56 bits per heavy atom. The van der Waals surface area contributed by atoms with E-state index in [2.05, 4.69) is 11.9 Å². The van der Waals surface area contributed by atoms with Gasteiger partial charge in [-0.2, -0.15) is 0 Å². The molecule has 0 spiro atoms. The molecular weight excluding hydrogens is 114 g/mol. The summed E-state index contributed by atoms with van der Waals surface area (Å²) in [6.07, 6.45) is 2.44. The number of amides is 1. The highest BCUT2D eigenvalue weighted by atomic mass is 16.1. The van der Waals surface area contributed by atoms with Crippen molar-refractivity contribution in [1.29, 1.82) is 0 Å². The van der Waals surface area contributed by atoms with Gasteiger partial charge in [0.15, 0.2) is 0 Å². The average molecular weight is 127 g/mol. The molecule has 1 atom stereocenters. The lowest BCUT2D eigenvalue weighted by Crippen LogP contribution is -2.30. The molecule has 0 aromatic rings. The summed E-state index contributed by atoms with van der Waals surface area (Å²) in [6.45, 7) is 7.64. The van der Waals surface area contributed by atoms with Crippen LogP contribution in [0.25, 0.3) is 0 Å². The highest BCUT2D eigenvalue weighted by Crippen LogP contribution is 1.99. The molecule has 0 aliphatic rings. The van der Waals surface area contributed by atoms with E-state index in [0.29, 0.717) is 12.3 Å². The van der Waals surface area contributed by atoms with E-state index in [-0.39, 0.29) is 6.04 Å². The van der Waals surface area contributed by atoms with Crippen molar-refractivity contribution in [1.82, 2.24) is 5.32 Å². The molecule has 0 fully saturated rings. The van der Waals surface area contributed by atoms with Gasteiger partial charge in [0.1, 0.15) is 0 Å². The second-order valence-corrected chi connectivity index (χ2v) is 2.29. The minimum Gasteiger partial charge on any atom is -0.352 e. The molecule has 0 aromatic carbocycles. The largest absolute Gasteiger partial charge is 0.352 e. The Kier molecular flexibility index (Phi) is 3.76. The van der Waals surface area contributed by atoms with Gasteiger partial charge in [0, 0.05) is 6.04 Å². The first-order valence-electron chi connectivity index (χ1n) is 3.04. The summed E-state index contributed by atoms with van der Waals surface area (Å²) in [4.78, 5) is 9.92. The van der Waals surface area contributed by atoms with Gasteiger partial charge < -0.3 is 5.32 Å². The molecule has 0 saturated heterocycles. The lowest BCUT2D eigenvalue weighted by molar-refractivity contribution is -0.110. The summed E-state index contributed by atoms with van der Waals surface area (Å²) in [6, 6.07) is 0.113. The number of carbonyl (C=O) groups is 1. The average Bonchev–Trinajstić information content (AvgIpc) is 1.82. The summed E-state index contributed by atoms with van der Waals surface area (Å²) in [5.74, 6) is 0.424. The van der Waals surface area contributed by atoms with Crippen molar-refractivity contribution in [2.45, 2.75) is 19.9 Å². The van der Waals surface area contributed by atoms with Gasteiger partial charge in [-0.05, 0) is 5.92 Å². The predicted molar refractivity (Wildman–Crippen MR) is 38.0 cm³/mol. The topological polar surface area (TPSA) is 29.1 Å². The Bertz CT molecular complexity index is 99.1. The second kappa shape index (κ2) is 4.13. The molecular formula is C7H13NO. The van der Waals surface area contributed by atoms with Crippen LogP contribution in [0.4, 0.5) is 0 Å². The van der Waals surface area contributed by atoms with E-state index in [4.69, 9.17) is 0 Å². The molecule has 0 heterocycles. The third kappa shape index (κ3) is 2.90. The zero-order valence-electron chi connectivity index (χ0n) is 5.92. The van der Waals surface area contributed by atoms with E-state index in [1.165, 1.54) is 0 Å². The fraction of sp³-hybridized carbons (Fsp3) is 0.571. The van der Waals surface area contributed by atoms with Gasteiger partial charge in [-0.15, -0.1) is 6.58 Å². The summed E-state index contributed by atoms with van der Waals surface area (Å²) in [7, 11) is 0. The van der Waals surface area contributed by atoms with Crippen LogP contribution in [0.2, 0.25) is 0 Å². The van der Waals surface area contributed by atoms with E-state index in [1.54, 1.807) is 6.08 Å². The van der Waals surface area contributed by atoms with E-state index >= 15 is 0 Å². The number of rotatable bonds is 4. The Balaban J connectivity index is 3.66. The second-order valence-electron chi connectivity index (χ2n) is 2.29. The molecule has 2 nitrogen and oxygen atoms in total. The first-order valence-corrected chi connectivity index (χ1v) is 3.04. The van der Waals surface area contributed by atoms with Crippen LogP contribution in [0.3, 0.4) is 0 Å². The van der Waals surface area contributed by atoms with Crippen LogP contribution in [0.5, 0.6) is 0 Å². The number of hydrogen-bond acceptors (Lipinski definition) is 1. The molecule has 1 unspecified atom stereocenters. The third-order valence-corrected chi connectivity index (χ3v) is 1.23. The highest BCUT2D eigenvalue weighted by molar-refractivity contribution is 5.47. The van der Waals surface area contributed by atoms with Gasteiger partial charge >= 0.3 is 0 Å². The molecule has 0 aliphatic heterocycles. The Morgan fingerprint density at radius 2 is 2.11 bits per heavy atom. The molecule has 9 heavy (non-hydrogen) atoms. The predicted octanol–water partition coefficient (Wildman–Crippen LogP) is 0.943. The van der Waals surface area contributed by atoms with E-state index < -0.39 is 0 Å². The van der Waals surface area contributed by atoms with E-state index in [0.717, 1.165) is 0 Å². The van der Waals surface area contributed by atoms with Crippen molar-refractivity contribution in [3.8, 4) is 0 Å². The molecule has 2 heteroatoms. The highest BCUT2D eigenvalue weighted by Gasteiger charge is 2.05. The Morgan fingerprint density at radius 3 is 2.22 bits per heavy atom. The van der Waals surface area contributed by atoms with Gasteiger partial charge in [0.25, 0.3) is 0 Å². The van der Waals surface area contributed by atoms with Crippen molar-refractivity contribution < 1.29 is 4.79 Å². The van der Waals surface area contributed by atoms with Gasteiger partial charge in [-0.1, -0.05) is 19.9 Å². The summed E-state index contributed by atoms with van der Waals surface area (Å²) in [5.41, 5.74) is 0. The van der Waals surface area contributed by atoms with Gasteiger partial charge in [0.2, 0.25) is 6.41 Å². The van der Waals surface area contributed by atoms with Crippen LogP contribution in [0.15, 0.2) is 12.7 Å². The number of hydrogen-bond donors (Lipinski definition) is 1. The Hall–Kier alpha value is -0.790. The minimum atomic E-state index is 0.113. The van der Waals surface area contributed by atoms with Crippen molar-refractivity contribution in [3.05, 3.63) is 12.7 Å². The molecule has 1 amide bonds.